The van der Waals surface area contributed by atoms with E-state index in [0.717, 1.165) is 29.0 Å². The Morgan fingerprint density at radius 1 is 1.00 bits per heavy atom. The van der Waals surface area contributed by atoms with Gasteiger partial charge in [-0.2, -0.15) is 11.8 Å². The first-order chi connectivity index (χ1) is 13.3. The SMILES string of the molecule is O=C(NCCSC1CCCC1)c1ccc(OCCSc2ccccc2)cc1. The molecule has 1 saturated carbocycles. The third-order valence-corrected chi connectivity index (χ3v) is 6.88. The smallest absolute Gasteiger partial charge is 0.251 e. The lowest BCUT2D eigenvalue weighted by Gasteiger charge is -2.10. The van der Waals surface area contributed by atoms with Gasteiger partial charge in [0.05, 0.1) is 6.61 Å². The molecule has 0 heterocycles. The fraction of sp³-hybridized carbons (Fsp3) is 0.409. The molecule has 1 N–H and O–H groups in total. The van der Waals surface area contributed by atoms with Crippen LogP contribution in [-0.4, -0.2) is 35.8 Å². The molecule has 1 amide bonds. The number of benzene rings is 2. The molecule has 0 spiro atoms. The Morgan fingerprint density at radius 2 is 1.74 bits per heavy atom. The van der Waals surface area contributed by atoms with Gasteiger partial charge in [-0.05, 0) is 49.2 Å². The summed E-state index contributed by atoms with van der Waals surface area (Å²) in [6.45, 7) is 1.37. The van der Waals surface area contributed by atoms with E-state index in [1.165, 1.54) is 30.6 Å². The Kier molecular flexibility index (Phi) is 8.43. The van der Waals surface area contributed by atoms with Gasteiger partial charge in [-0.25, -0.2) is 0 Å². The highest BCUT2D eigenvalue weighted by Gasteiger charge is 2.14. The fourth-order valence-electron chi connectivity index (χ4n) is 3.09. The molecule has 0 atom stereocenters. The molecule has 1 fully saturated rings. The van der Waals surface area contributed by atoms with Crippen LogP contribution < -0.4 is 10.1 Å². The van der Waals surface area contributed by atoms with Gasteiger partial charge >= 0.3 is 0 Å². The Hall–Kier alpha value is -1.59. The summed E-state index contributed by atoms with van der Waals surface area (Å²) in [4.78, 5) is 13.5. The summed E-state index contributed by atoms with van der Waals surface area (Å²) in [6, 6.07) is 17.7. The monoisotopic (exact) mass is 401 g/mol. The van der Waals surface area contributed by atoms with Crippen LogP contribution in [0.2, 0.25) is 0 Å². The van der Waals surface area contributed by atoms with Gasteiger partial charge in [0.1, 0.15) is 5.75 Å². The molecule has 2 aromatic rings. The van der Waals surface area contributed by atoms with Crippen molar-refractivity contribution in [1.82, 2.24) is 5.32 Å². The van der Waals surface area contributed by atoms with Crippen LogP contribution in [0.25, 0.3) is 0 Å². The highest BCUT2D eigenvalue weighted by atomic mass is 32.2. The summed E-state index contributed by atoms with van der Waals surface area (Å²) in [5.74, 6) is 2.69. The Bertz CT molecular complexity index is 685. The van der Waals surface area contributed by atoms with Crippen molar-refractivity contribution in [3.8, 4) is 5.75 Å². The Balaban J connectivity index is 1.31. The van der Waals surface area contributed by atoms with Crippen molar-refractivity contribution >= 4 is 29.4 Å². The van der Waals surface area contributed by atoms with E-state index in [-0.39, 0.29) is 5.91 Å². The molecular weight excluding hydrogens is 374 g/mol. The van der Waals surface area contributed by atoms with E-state index in [1.54, 1.807) is 11.8 Å². The number of hydrogen-bond donors (Lipinski definition) is 1. The summed E-state index contributed by atoms with van der Waals surface area (Å²) in [7, 11) is 0. The van der Waals surface area contributed by atoms with E-state index in [2.05, 4.69) is 17.4 Å². The van der Waals surface area contributed by atoms with Gasteiger partial charge < -0.3 is 10.1 Å². The average Bonchev–Trinajstić information content (AvgIpc) is 3.23. The molecule has 0 saturated heterocycles. The summed E-state index contributed by atoms with van der Waals surface area (Å²) in [5, 5.41) is 3.81. The van der Waals surface area contributed by atoms with Crippen LogP contribution >= 0.6 is 23.5 Å². The third kappa shape index (κ3) is 7.15. The molecule has 0 radical (unpaired) electrons. The Labute approximate surface area is 170 Å². The lowest BCUT2D eigenvalue weighted by atomic mass is 10.2. The highest BCUT2D eigenvalue weighted by Crippen LogP contribution is 2.28. The van der Waals surface area contributed by atoms with Crippen molar-refractivity contribution in [2.45, 2.75) is 35.8 Å². The van der Waals surface area contributed by atoms with Crippen LogP contribution in [0.4, 0.5) is 0 Å². The molecule has 27 heavy (non-hydrogen) atoms. The zero-order valence-electron chi connectivity index (χ0n) is 15.6. The van der Waals surface area contributed by atoms with Crippen molar-refractivity contribution in [2.24, 2.45) is 0 Å². The lowest BCUT2D eigenvalue weighted by Crippen LogP contribution is -2.26. The van der Waals surface area contributed by atoms with E-state index < -0.39 is 0 Å². The zero-order valence-corrected chi connectivity index (χ0v) is 17.2. The highest BCUT2D eigenvalue weighted by molar-refractivity contribution is 8.00. The number of hydrogen-bond acceptors (Lipinski definition) is 4. The molecule has 5 heteroatoms. The van der Waals surface area contributed by atoms with Crippen LogP contribution in [0.1, 0.15) is 36.0 Å². The number of amides is 1. The van der Waals surface area contributed by atoms with Gasteiger partial charge in [-0.3, -0.25) is 4.79 Å². The maximum absolute atomic E-state index is 12.2. The van der Waals surface area contributed by atoms with Gasteiger partial charge in [0.25, 0.3) is 5.91 Å². The number of ether oxygens (including phenoxy) is 1. The molecule has 0 aliphatic heterocycles. The molecule has 3 nitrogen and oxygen atoms in total. The van der Waals surface area contributed by atoms with E-state index in [1.807, 2.05) is 54.2 Å². The second-order valence-corrected chi connectivity index (χ2v) is 9.14. The first kappa shape index (κ1) is 20.2. The van der Waals surface area contributed by atoms with Crippen LogP contribution in [0.5, 0.6) is 5.75 Å². The van der Waals surface area contributed by atoms with Gasteiger partial charge in [0, 0.05) is 33.8 Å². The summed E-state index contributed by atoms with van der Waals surface area (Å²) >= 11 is 3.77. The minimum atomic E-state index is -0.00629. The zero-order chi connectivity index (χ0) is 18.7. The predicted octanol–water partition coefficient (Wildman–Crippen LogP) is 5.26. The molecule has 0 bridgehead atoms. The Morgan fingerprint density at radius 3 is 2.48 bits per heavy atom. The predicted molar refractivity (Wildman–Crippen MR) is 116 cm³/mol. The molecule has 1 aliphatic carbocycles. The second kappa shape index (κ2) is 11.3. The van der Waals surface area contributed by atoms with E-state index in [4.69, 9.17) is 4.74 Å². The number of thioether (sulfide) groups is 2. The summed E-state index contributed by atoms with van der Waals surface area (Å²) in [5.41, 5.74) is 0.687. The van der Waals surface area contributed by atoms with E-state index >= 15 is 0 Å². The number of carbonyl (C=O) groups is 1. The van der Waals surface area contributed by atoms with Crippen LogP contribution in [0, 0.1) is 0 Å². The van der Waals surface area contributed by atoms with Crippen molar-refractivity contribution in [3.63, 3.8) is 0 Å². The molecule has 0 aromatic heterocycles. The molecule has 3 rings (SSSR count). The van der Waals surface area contributed by atoms with Crippen LogP contribution in [0.15, 0.2) is 59.5 Å². The molecule has 0 unspecified atom stereocenters. The standard InChI is InChI=1S/C22H27NO2S2/c24-22(23-14-16-26-20-8-4-5-9-20)18-10-12-19(13-11-18)25-15-17-27-21-6-2-1-3-7-21/h1-3,6-7,10-13,20H,4-5,8-9,14-17H2,(H,23,24). The van der Waals surface area contributed by atoms with Crippen LogP contribution in [-0.2, 0) is 0 Å². The third-order valence-electron chi connectivity index (χ3n) is 4.52. The molecule has 1 aliphatic rings. The van der Waals surface area contributed by atoms with Crippen molar-refractivity contribution in [2.75, 3.05) is 24.7 Å². The number of rotatable bonds is 10. The maximum atomic E-state index is 12.2. The van der Waals surface area contributed by atoms with Gasteiger partial charge in [0.2, 0.25) is 0 Å². The minimum absolute atomic E-state index is 0.00629. The quantitative estimate of drug-likeness (QED) is 0.435. The van der Waals surface area contributed by atoms with Gasteiger partial charge in [-0.15, -0.1) is 11.8 Å². The average molecular weight is 402 g/mol. The molecule has 2 aromatic carbocycles. The molecular formula is C22H27NO2S2. The van der Waals surface area contributed by atoms with Gasteiger partial charge in [0.15, 0.2) is 0 Å². The summed E-state index contributed by atoms with van der Waals surface area (Å²) < 4.78 is 5.76. The maximum Gasteiger partial charge on any atom is 0.251 e. The van der Waals surface area contributed by atoms with E-state index in [0.29, 0.717) is 12.2 Å². The van der Waals surface area contributed by atoms with E-state index in [9.17, 15) is 4.79 Å². The second-order valence-electron chi connectivity index (χ2n) is 6.57. The first-order valence-electron chi connectivity index (χ1n) is 9.62. The largest absolute Gasteiger partial charge is 0.493 e. The normalized spacial score (nSPS) is 14.2. The summed E-state index contributed by atoms with van der Waals surface area (Å²) in [6.07, 6.45) is 5.40. The first-order valence-corrected chi connectivity index (χ1v) is 11.7. The van der Waals surface area contributed by atoms with Crippen LogP contribution in [0.3, 0.4) is 0 Å². The molecule has 144 valence electrons. The van der Waals surface area contributed by atoms with Crippen molar-refractivity contribution < 1.29 is 9.53 Å². The van der Waals surface area contributed by atoms with Crippen molar-refractivity contribution in [1.29, 1.82) is 0 Å². The minimum Gasteiger partial charge on any atom is -0.493 e. The lowest BCUT2D eigenvalue weighted by molar-refractivity contribution is 0.0956. The number of nitrogens with one attached hydrogen (secondary N) is 1. The van der Waals surface area contributed by atoms with Gasteiger partial charge in [-0.1, -0.05) is 31.0 Å². The topological polar surface area (TPSA) is 38.3 Å². The number of carbonyl (C=O) groups excluding carboxylic acids is 1. The fourth-order valence-corrected chi connectivity index (χ4v) is 5.06. The van der Waals surface area contributed by atoms with Crippen molar-refractivity contribution in [3.05, 3.63) is 60.2 Å².